The number of aliphatic hydroxyl groups excluding tert-OH is 2. The lowest BCUT2D eigenvalue weighted by Crippen LogP contribution is -2.33. The van der Waals surface area contributed by atoms with E-state index in [1.807, 2.05) is 0 Å². The number of fused-ring (bicyclic) bond motifs is 1. The molecule has 0 amide bonds. The minimum absolute atomic E-state index is 0.0432. The minimum Gasteiger partial charge on any atom is -0.387 e. The number of imidazole rings is 1. The number of nitrogens with two attached hydrogens (primary N) is 1. The molecule has 3 rings (SSSR count). The lowest BCUT2D eigenvalue weighted by molar-refractivity contribution is -0.0451. The summed E-state index contributed by atoms with van der Waals surface area (Å²) in [6, 6.07) is 0. The van der Waals surface area contributed by atoms with Crippen molar-refractivity contribution in [2.24, 2.45) is 0 Å². The van der Waals surface area contributed by atoms with Gasteiger partial charge in [0.05, 0.1) is 12.9 Å². The third kappa shape index (κ3) is 2.01. The average molecular weight is 299 g/mol. The van der Waals surface area contributed by atoms with Gasteiger partial charge in [-0.25, -0.2) is 15.0 Å². The summed E-state index contributed by atoms with van der Waals surface area (Å²) in [5.41, 5.74) is 6.52. The molecule has 4 unspecified atom stereocenters. The summed E-state index contributed by atoms with van der Waals surface area (Å²) in [5.74, 6) is 0.233. The lowest BCUT2D eigenvalue weighted by atomic mass is 10.1. The Balaban J connectivity index is 1.97. The van der Waals surface area contributed by atoms with E-state index in [9.17, 15) is 10.2 Å². The van der Waals surface area contributed by atoms with E-state index in [4.69, 9.17) is 10.5 Å². The van der Waals surface area contributed by atoms with Gasteiger partial charge >= 0.3 is 0 Å². The van der Waals surface area contributed by atoms with Crippen molar-refractivity contribution >= 4 is 29.9 Å². The van der Waals surface area contributed by atoms with E-state index in [1.165, 1.54) is 17.2 Å². The number of nitrogens with zero attached hydrogens (tertiary/aromatic N) is 4. The second kappa shape index (κ2) is 5.14. The minimum atomic E-state index is -1.14. The summed E-state index contributed by atoms with van der Waals surface area (Å²) in [6.07, 6.45) is -1.04. The molecule has 0 aliphatic carbocycles. The highest BCUT2D eigenvalue weighted by atomic mass is 32.1. The van der Waals surface area contributed by atoms with Crippen molar-refractivity contribution in [1.82, 2.24) is 19.5 Å². The Bertz CT molecular complexity index is 623. The summed E-state index contributed by atoms with van der Waals surface area (Å²) >= 11 is 3.61. The molecule has 4 N–H and O–H groups in total. The Labute approximate surface area is 119 Å². The molecule has 1 aliphatic rings. The van der Waals surface area contributed by atoms with E-state index < -0.39 is 24.5 Å². The first-order valence-corrected chi connectivity index (χ1v) is 6.21. The highest BCUT2D eigenvalue weighted by Crippen LogP contribution is 2.32. The van der Waals surface area contributed by atoms with E-state index in [-0.39, 0.29) is 12.4 Å². The summed E-state index contributed by atoms with van der Waals surface area (Å²) in [6.45, 7) is 0.0432. The Hall–Kier alpha value is -1.46. The van der Waals surface area contributed by atoms with Gasteiger partial charge in [0.1, 0.15) is 30.2 Å². The summed E-state index contributed by atoms with van der Waals surface area (Å²) < 4.78 is 11.7. The molecule has 0 spiro atoms. The van der Waals surface area contributed by atoms with Crippen molar-refractivity contribution in [2.45, 2.75) is 24.5 Å². The van der Waals surface area contributed by atoms with Gasteiger partial charge < -0.3 is 24.9 Å². The third-order valence-electron chi connectivity index (χ3n) is 3.24. The van der Waals surface area contributed by atoms with Gasteiger partial charge in [-0.2, -0.15) is 0 Å². The Morgan fingerprint density at radius 2 is 2.15 bits per heavy atom. The van der Waals surface area contributed by atoms with Crippen molar-refractivity contribution in [2.75, 3.05) is 12.3 Å². The fourth-order valence-corrected chi connectivity index (χ4v) is 2.37. The van der Waals surface area contributed by atoms with Crippen LogP contribution >= 0.6 is 12.9 Å². The molecule has 2 aromatic heterocycles. The van der Waals surface area contributed by atoms with Crippen LogP contribution in [-0.4, -0.2) is 54.7 Å². The number of aliphatic hydroxyl groups is 2. The van der Waals surface area contributed by atoms with Crippen LogP contribution in [0.4, 0.5) is 5.82 Å². The maximum atomic E-state index is 10.1. The molecule has 10 heteroatoms. The second-order valence-corrected chi connectivity index (χ2v) is 4.68. The monoisotopic (exact) mass is 299 g/mol. The molecular weight excluding hydrogens is 286 g/mol. The number of hydrogen-bond acceptors (Lipinski definition) is 9. The SMILES string of the molecule is Nc1ncnc2c1ncn2C1OC(COS)C(O)C1O. The van der Waals surface area contributed by atoms with E-state index in [0.29, 0.717) is 11.2 Å². The normalized spacial score (nSPS) is 30.1. The van der Waals surface area contributed by atoms with Crippen LogP contribution in [0.25, 0.3) is 11.2 Å². The van der Waals surface area contributed by atoms with Gasteiger partial charge in [-0.1, -0.05) is 0 Å². The van der Waals surface area contributed by atoms with Crippen molar-refractivity contribution in [3.05, 3.63) is 12.7 Å². The standard InChI is InChI=1S/C10H13N5O4S/c11-8-5-9(13-2-12-8)15(3-14-5)10-7(17)6(16)4(19-10)1-18-20/h2-4,6-7,10,16-17,20H,1H2,(H2,11,12,13). The zero-order valence-corrected chi connectivity index (χ0v) is 11.1. The second-order valence-electron chi connectivity index (χ2n) is 4.43. The molecule has 9 nitrogen and oxygen atoms in total. The van der Waals surface area contributed by atoms with Crippen LogP contribution in [-0.2, 0) is 8.92 Å². The molecule has 2 aromatic rings. The highest BCUT2D eigenvalue weighted by Gasteiger charge is 2.44. The zero-order chi connectivity index (χ0) is 14.3. The van der Waals surface area contributed by atoms with Gasteiger partial charge in [0, 0.05) is 0 Å². The molecule has 0 saturated carbocycles. The number of thiol groups is 1. The number of nitrogen functional groups attached to an aromatic ring is 1. The summed E-state index contributed by atoms with van der Waals surface area (Å²) in [7, 11) is 0. The first-order chi connectivity index (χ1) is 9.63. The fraction of sp³-hybridized carbons (Fsp3) is 0.500. The molecular formula is C10H13N5O4S. The van der Waals surface area contributed by atoms with Gasteiger partial charge in [0.2, 0.25) is 0 Å². The molecule has 20 heavy (non-hydrogen) atoms. The van der Waals surface area contributed by atoms with Crippen LogP contribution < -0.4 is 5.73 Å². The van der Waals surface area contributed by atoms with Gasteiger partial charge in [-0.15, -0.1) is 0 Å². The molecule has 0 radical (unpaired) electrons. The first-order valence-electron chi connectivity index (χ1n) is 5.84. The molecule has 3 heterocycles. The molecule has 1 aliphatic heterocycles. The highest BCUT2D eigenvalue weighted by molar-refractivity contribution is 7.75. The third-order valence-corrected chi connectivity index (χ3v) is 3.39. The Morgan fingerprint density at radius 3 is 2.90 bits per heavy atom. The van der Waals surface area contributed by atoms with Crippen molar-refractivity contribution in [3.8, 4) is 0 Å². The number of anilines is 1. The first kappa shape index (κ1) is 13.5. The molecule has 1 saturated heterocycles. The Kier molecular flexibility index (Phi) is 3.48. The predicted octanol–water partition coefficient (Wildman–Crippen LogP) is -1.11. The summed E-state index contributed by atoms with van der Waals surface area (Å²) in [4.78, 5) is 12.0. The predicted molar refractivity (Wildman–Crippen MR) is 70.6 cm³/mol. The summed E-state index contributed by atoms with van der Waals surface area (Å²) in [5, 5.41) is 20.0. The van der Waals surface area contributed by atoms with E-state index in [1.54, 1.807) is 0 Å². The van der Waals surface area contributed by atoms with E-state index in [0.717, 1.165) is 0 Å². The van der Waals surface area contributed by atoms with Crippen LogP contribution in [0.3, 0.4) is 0 Å². The number of rotatable bonds is 3. The number of aromatic nitrogens is 4. The topological polar surface area (TPSA) is 129 Å². The Morgan fingerprint density at radius 1 is 1.35 bits per heavy atom. The molecule has 108 valence electrons. The maximum absolute atomic E-state index is 10.1. The number of ether oxygens (including phenoxy) is 1. The van der Waals surface area contributed by atoms with Crippen LogP contribution in [0.5, 0.6) is 0 Å². The van der Waals surface area contributed by atoms with E-state index >= 15 is 0 Å². The van der Waals surface area contributed by atoms with Crippen LogP contribution in [0.15, 0.2) is 12.7 Å². The van der Waals surface area contributed by atoms with Gasteiger partial charge in [-0.05, 0) is 12.9 Å². The average Bonchev–Trinajstić information content (AvgIpc) is 2.97. The molecule has 1 fully saturated rings. The molecule has 0 bridgehead atoms. The van der Waals surface area contributed by atoms with Crippen LogP contribution in [0.1, 0.15) is 6.23 Å². The van der Waals surface area contributed by atoms with Gasteiger partial charge in [0.25, 0.3) is 0 Å². The zero-order valence-electron chi connectivity index (χ0n) is 10.2. The van der Waals surface area contributed by atoms with E-state index in [2.05, 4.69) is 32.0 Å². The van der Waals surface area contributed by atoms with Gasteiger partial charge in [0.15, 0.2) is 17.7 Å². The smallest absolute Gasteiger partial charge is 0.167 e. The largest absolute Gasteiger partial charge is 0.387 e. The lowest BCUT2D eigenvalue weighted by Gasteiger charge is -2.16. The van der Waals surface area contributed by atoms with Crippen molar-refractivity contribution in [3.63, 3.8) is 0 Å². The quantitative estimate of drug-likeness (QED) is 0.415. The fourth-order valence-electron chi connectivity index (χ4n) is 2.23. The number of hydrogen-bond donors (Lipinski definition) is 4. The molecule has 0 aromatic carbocycles. The van der Waals surface area contributed by atoms with Gasteiger partial charge in [-0.3, -0.25) is 4.57 Å². The van der Waals surface area contributed by atoms with Crippen LogP contribution in [0.2, 0.25) is 0 Å². The van der Waals surface area contributed by atoms with Crippen LogP contribution in [0, 0.1) is 0 Å². The van der Waals surface area contributed by atoms with Crippen molar-refractivity contribution < 1.29 is 19.1 Å². The molecule has 4 atom stereocenters. The maximum Gasteiger partial charge on any atom is 0.167 e. The van der Waals surface area contributed by atoms with Crippen molar-refractivity contribution in [1.29, 1.82) is 0 Å².